The van der Waals surface area contributed by atoms with Crippen LogP contribution in [0.25, 0.3) is 0 Å². The number of carbonyl (C=O) groups is 1. The van der Waals surface area contributed by atoms with Crippen molar-refractivity contribution in [2.24, 2.45) is 0 Å². The van der Waals surface area contributed by atoms with Crippen molar-refractivity contribution in [2.45, 2.75) is 37.6 Å². The number of hydrogen-bond acceptors (Lipinski definition) is 3. The van der Waals surface area contributed by atoms with E-state index < -0.39 is 0 Å². The molecule has 0 saturated heterocycles. The van der Waals surface area contributed by atoms with Crippen molar-refractivity contribution in [3.8, 4) is 5.88 Å². The first kappa shape index (κ1) is 16.5. The van der Waals surface area contributed by atoms with Crippen LogP contribution in [-0.2, 0) is 0 Å². The Hall–Kier alpha value is -2.36. The third-order valence-corrected chi connectivity index (χ3v) is 5.03. The molecule has 3 rings (SSSR count). The van der Waals surface area contributed by atoms with Crippen molar-refractivity contribution in [2.75, 3.05) is 14.2 Å². The predicted octanol–water partition coefficient (Wildman–Crippen LogP) is 3.89. The monoisotopic (exact) mass is 324 g/mol. The lowest BCUT2D eigenvalue weighted by molar-refractivity contribution is 0.0685. The Morgan fingerprint density at radius 3 is 2.46 bits per heavy atom. The van der Waals surface area contributed by atoms with Crippen LogP contribution in [0, 0.1) is 0 Å². The van der Waals surface area contributed by atoms with Gasteiger partial charge in [-0.05, 0) is 49.3 Å². The Morgan fingerprint density at radius 1 is 1.08 bits per heavy atom. The summed E-state index contributed by atoms with van der Waals surface area (Å²) < 4.78 is 5.22. The van der Waals surface area contributed by atoms with E-state index in [1.54, 1.807) is 25.4 Å². The van der Waals surface area contributed by atoms with E-state index in [0.29, 0.717) is 17.4 Å². The van der Waals surface area contributed by atoms with E-state index >= 15 is 0 Å². The minimum Gasteiger partial charge on any atom is -0.480 e. The molecule has 4 nitrogen and oxygen atoms in total. The smallest absolute Gasteiger partial charge is 0.259 e. The summed E-state index contributed by atoms with van der Waals surface area (Å²) >= 11 is 0. The van der Waals surface area contributed by atoms with Crippen molar-refractivity contribution in [3.63, 3.8) is 0 Å². The minimum atomic E-state index is -0.0110. The molecular formula is C20H24N2O2. The molecule has 0 atom stereocenters. The van der Waals surface area contributed by atoms with Crippen LogP contribution < -0.4 is 4.74 Å². The van der Waals surface area contributed by atoms with E-state index in [1.807, 2.05) is 11.9 Å². The Labute approximate surface area is 143 Å². The van der Waals surface area contributed by atoms with E-state index in [9.17, 15) is 4.79 Å². The van der Waals surface area contributed by atoms with Crippen LogP contribution in [0.5, 0.6) is 5.88 Å². The molecule has 1 aromatic carbocycles. The molecule has 0 N–H and O–H groups in total. The number of methoxy groups -OCH3 is 1. The second kappa shape index (κ2) is 7.47. The van der Waals surface area contributed by atoms with Crippen LogP contribution in [0.2, 0.25) is 0 Å². The number of benzene rings is 1. The molecule has 4 heteroatoms. The zero-order valence-corrected chi connectivity index (χ0v) is 14.3. The maximum Gasteiger partial charge on any atom is 0.259 e. The molecule has 1 amide bonds. The maximum absolute atomic E-state index is 12.8. The number of carbonyl (C=O) groups excluding carboxylic acids is 1. The molecule has 1 aromatic heterocycles. The molecule has 126 valence electrons. The highest BCUT2D eigenvalue weighted by Crippen LogP contribution is 2.35. The molecule has 0 aliphatic heterocycles. The minimum absolute atomic E-state index is 0.0110. The molecule has 0 bridgehead atoms. The number of ether oxygens (including phenoxy) is 1. The van der Waals surface area contributed by atoms with Crippen molar-refractivity contribution < 1.29 is 9.53 Å². The highest BCUT2D eigenvalue weighted by molar-refractivity contribution is 5.96. The second-order valence-corrected chi connectivity index (χ2v) is 6.39. The van der Waals surface area contributed by atoms with E-state index in [1.165, 1.54) is 5.56 Å². The zero-order valence-electron chi connectivity index (χ0n) is 14.3. The van der Waals surface area contributed by atoms with Crippen LogP contribution in [-0.4, -0.2) is 36.0 Å². The molecule has 0 radical (unpaired) electrons. The van der Waals surface area contributed by atoms with E-state index in [4.69, 9.17) is 4.74 Å². The van der Waals surface area contributed by atoms with Gasteiger partial charge in [0.05, 0.1) is 7.11 Å². The number of aromatic nitrogens is 1. The van der Waals surface area contributed by atoms with Gasteiger partial charge < -0.3 is 9.64 Å². The van der Waals surface area contributed by atoms with Gasteiger partial charge >= 0.3 is 0 Å². The maximum atomic E-state index is 12.8. The van der Waals surface area contributed by atoms with E-state index in [-0.39, 0.29) is 11.9 Å². The largest absolute Gasteiger partial charge is 0.480 e. The topological polar surface area (TPSA) is 42.4 Å². The Kier molecular flexibility index (Phi) is 5.14. The van der Waals surface area contributed by atoms with Gasteiger partial charge in [-0.15, -0.1) is 0 Å². The number of nitrogens with zero attached hydrogens (tertiary/aromatic N) is 2. The summed E-state index contributed by atoms with van der Waals surface area (Å²) in [5.41, 5.74) is 1.95. The molecule has 1 aliphatic carbocycles. The van der Waals surface area contributed by atoms with Gasteiger partial charge in [-0.25, -0.2) is 4.98 Å². The van der Waals surface area contributed by atoms with Crippen molar-refractivity contribution in [3.05, 3.63) is 59.8 Å². The Balaban J connectivity index is 1.64. The standard InChI is InChI=1S/C20H24N2O2/c1-22(20(23)18-9-6-14-21-19(18)24-2)17-12-10-16(11-13-17)15-7-4-3-5-8-15/h3-9,14,16-17H,10-13H2,1-2H3. The summed E-state index contributed by atoms with van der Waals surface area (Å²) in [6.07, 6.45) is 5.95. The van der Waals surface area contributed by atoms with Gasteiger partial charge in [-0.3, -0.25) is 4.79 Å². The SMILES string of the molecule is COc1ncccc1C(=O)N(C)C1CCC(c2ccccc2)CC1. The summed E-state index contributed by atoms with van der Waals surface area (Å²) in [6, 6.07) is 14.5. The summed E-state index contributed by atoms with van der Waals surface area (Å²) in [6.45, 7) is 0. The summed E-state index contributed by atoms with van der Waals surface area (Å²) in [4.78, 5) is 18.8. The van der Waals surface area contributed by atoms with E-state index in [2.05, 4.69) is 35.3 Å². The number of hydrogen-bond donors (Lipinski definition) is 0. The van der Waals surface area contributed by atoms with Crippen LogP contribution in [0.4, 0.5) is 0 Å². The van der Waals surface area contributed by atoms with Gasteiger partial charge in [0.1, 0.15) is 5.56 Å². The predicted molar refractivity (Wildman–Crippen MR) is 94.3 cm³/mol. The fraction of sp³-hybridized carbons (Fsp3) is 0.400. The molecule has 24 heavy (non-hydrogen) atoms. The number of rotatable bonds is 4. The molecule has 2 aromatic rings. The van der Waals surface area contributed by atoms with Crippen LogP contribution in [0.15, 0.2) is 48.7 Å². The third-order valence-electron chi connectivity index (χ3n) is 5.03. The first-order chi connectivity index (χ1) is 11.7. The van der Waals surface area contributed by atoms with Crippen molar-refractivity contribution in [1.29, 1.82) is 0 Å². The number of amides is 1. The lowest BCUT2D eigenvalue weighted by Crippen LogP contribution is -2.39. The van der Waals surface area contributed by atoms with Crippen LogP contribution in [0.3, 0.4) is 0 Å². The Bertz CT molecular complexity index is 679. The quantitative estimate of drug-likeness (QED) is 0.857. The van der Waals surface area contributed by atoms with E-state index in [0.717, 1.165) is 25.7 Å². The van der Waals surface area contributed by atoms with Gasteiger partial charge in [0.25, 0.3) is 5.91 Å². The average Bonchev–Trinajstić information content (AvgIpc) is 2.67. The first-order valence-corrected chi connectivity index (χ1v) is 8.52. The first-order valence-electron chi connectivity index (χ1n) is 8.52. The van der Waals surface area contributed by atoms with Crippen LogP contribution in [0.1, 0.15) is 47.5 Å². The molecule has 1 fully saturated rings. The molecule has 0 spiro atoms. The van der Waals surface area contributed by atoms with Crippen LogP contribution >= 0.6 is 0 Å². The molecule has 1 saturated carbocycles. The van der Waals surface area contributed by atoms with Gasteiger partial charge in [-0.1, -0.05) is 30.3 Å². The van der Waals surface area contributed by atoms with Gasteiger partial charge in [0.15, 0.2) is 0 Å². The van der Waals surface area contributed by atoms with Crippen molar-refractivity contribution >= 4 is 5.91 Å². The zero-order chi connectivity index (χ0) is 16.9. The molecular weight excluding hydrogens is 300 g/mol. The normalized spacial score (nSPS) is 20.4. The van der Waals surface area contributed by atoms with Crippen molar-refractivity contribution in [1.82, 2.24) is 9.88 Å². The molecule has 1 heterocycles. The summed E-state index contributed by atoms with van der Waals surface area (Å²) in [7, 11) is 3.44. The lowest BCUT2D eigenvalue weighted by Gasteiger charge is -2.35. The average molecular weight is 324 g/mol. The highest BCUT2D eigenvalue weighted by Gasteiger charge is 2.28. The Morgan fingerprint density at radius 2 is 1.79 bits per heavy atom. The highest BCUT2D eigenvalue weighted by atomic mass is 16.5. The van der Waals surface area contributed by atoms with Gasteiger partial charge in [-0.2, -0.15) is 0 Å². The number of pyridine rings is 1. The molecule has 0 unspecified atom stereocenters. The lowest BCUT2D eigenvalue weighted by atomic mass is 9.81. The summed E-state index contributed by atoms with van der Waals surface area (Å²) in [5.74, 6) is 0.995. The second-order valence-electron chi connectivity index (χ2n) is 6.39. The van der Waals surface area contributed by atoms with Gasteiger partial charge in [0.2, 0.25) is 5.88 Å². The third kappa shape index (κ3) is 3.42. The van der Waals surface area contributed by atoms with Gasteiger partial charge in [0, 0.05) is 19.3 Å². The fourth-order valence-corrected chi connectivity index (χ4v) is 3.59. The summed E-state index contributed by atoms with van der Waals surface area (Å²) in [5, 5.41) is 0. The molecule has 1 aliphatic rings. The fourth-order valence-electron chi connectivity index (χ4n) is 3.59.